The number of H-pyrrole nitrogens is 1. The van der Waals surface area contributed by atoms with Crippen LogP contribution in [0.1, 0.15) is 15.9 Å². The van der Waals surface area contributed by atoms with Gasteiger partial charge in [0.2, 0.25) is 11.9 Å². The van der Waals surface area contributed by atoms with E-state index in [0.717, 1.165) is 27.6 Å². The van der Waals surface area contributed by atoms with E-state index in [0.29, 0.717) is 22.7 Å². The SMILES string of the molecule is Cn1c(Nc2ccc3c4c(cccc24)C(=O)c2ccccc2-3)nc2c(=O)[nH]c(N)nc21. The van der Waals surface area contributed by atoms with Gasteiger partial charge in [0.25, 0.3) is 5.56 Å². The molecule has 0 fully saturated rings. The molecule has 2 aromatic heterocycles. The topological polar surface area (TPSA) is 119 Å². The van der Waals surface area contributed by atoms with Crippen molar-refractivity contribution in [2.75, 3.05) is 11.1 Å². The molecule has 5 aromatic rings. The van der Waals surface area contributed by atoms with Gasteiger partial charge < -0.3 is 11.1 Å². The highest BCUT2D eigenvalue weighted by molar-refractivity contribution is 6.27. The fraction of sp³-hybridized carbons (Fsp3) is 0.0435. The second kappa shape index (κ2) is 6.02. The van der Waals surface area contributed by atoms with E-state index in [1.165, 1.54) is 0 Å². The zero-order valence-corrected chi connectivity index (χ0v) is 16.4. The molecule has 1 aliphatic rings. The van der Waals surface area contributed by atoms with Crippen LogP contribution >= 0.6 is 0 Å². The molecule has 4 N–H and O–H groups in total. The molecule has 6 rings (SSSR count). The fourth-order valence-electron chi connectivity index (χ4n) is 4.31. The lowest BCUT2D eigenvalue weighted by Crippen LogP contribution is -2.11. The highest BCUT2D eigenvalue weighted by Gasteiger charge is 2.25. The van der Waals surface area contributed by atoms with Crippen molar-refractivity contribution in [3.8, 4) is 11.1 Å². The number of fused-ring (bicyclic) bond motifs is 3. The maximum Gasteiger partial charge on any atom is 0.280 e. The number of carbonyl (C=O) groups is 1. The molecule has 1 aliphatic carbocycles. The molecule has 31 heavy (non-hydrogen) atoms. The molecule has 0 amide bonds. The van der Waals surface area contributed by atoms with Crippen LogP contribution in [0.5, 0.6) is 0 Å². The summed E-state index contributed by atoms with van der Waals surface area (Å²) in [6.07, 6.45) is 0. The highest BCUT2D eigenvalue weighted by Crippen LogP contribution is 2.42. The zero-order chi connectivity index (χ0) is 21.3. The normalized spacial score (nSPS) is 12.4. The number of rotatable bonds is 2. The molecule has 0 saturated carbocycles. The lowest BCUT2D eigenvalue weighted by atomic mass is 9.82. The van der Waals surface area contributed by atoms with Crippen LogP contribution in [0, 0.1) is 0 Å². The molecule has 3 aromatic carbocycles. The van der Waals surface area contributed by atoms with Crippen molar-refractivity contribution < 1.29 is 4.79 Å². The van der Waals surface area contributed by atoms with Gasteiger partial charge in [-0.25, -0.2) is 4.98 Å². The molecular weight excluding hydrogens is 392 g/mol. The van der Waals surface area contributed by atoms with Gasteiger partial charge in [0, 0.05) is 34.6 Å². The Morgan fingerprint density at radius 1 is 0.903 bits per heavy atom. The molecular formula is C23H16N6O2. The predicted octanol–water partition coefficient (Wildman–Crippen LogP) is 3.35. The van der Waals surface area contributed by atoms with Crippen molar-refractivity contribution in [1.29, 1.82) is 0 Å². The van der Waals surface area contributed by atoms with Gasteiger partial charge in [-0.05, 0) is 17.2 Å². The molecule has 8 nitrogen and oxygen atoms in total. The monoisotopic (exact) mass is 408 g/mol. The summed E-state index contributed by atoms with van der Waals surface area (Å²) >= 11 is 0. The van der Waals surface area contributed by atoms with E-state index in [4.69, 9.17) is 5.73 Å². The number of benzene rings is 3. The molecule has 0 unspecified atom stereocenters. The van der Waals surface area contributed by atoms with Gasteiger partial charge in [0.1, 0.15) is 0 Å². The molecule has 0 radical (unpaired) electrons. The Labute approximate surface area is 175 Å². The molecule has 2 heterocycles. The lowest BCUT2D eigenvalue weighted by molar-refractivity contribution is 0.104. The van der Waals surface area contributed by atoms with E-state index in [-0.39, 0.29) is 17.2 Å². The standard InChI is InChI=1S/C23H16N6O2/c1-29-20-18(21(31)28-22(24)27-20)26-23(29)25-16-10-9-12-11-5-2-3-6-13(11)19(30)15-8-4-7-14(16)17(12)15/h2-10H,1H3,(H,25,26)(H3,24,27,28,31). The number of anilines is 3. The summed E-state index contributed by atoms with van der Waals surface area (Å²) < 4.78 is 1.68. The molecule has 0 atom stereocenters. The van der Waals surface area contributed by atoms with Crippen LogP contribution in [0.4, 0.5) is 17.6 Å². The summed E-state index contributed by atoms with van der Waals surface area (Å²) in [7, 11) is 1.76. The van der Waals surface area contributed by atoms with E-state index in [9.17, 15) is 9.59 Å². The summed E-state index contributed by atoms with van der Waals surface area (Å²) in [5, 5.41) is 5.09. The minimum absolute atomic E-state index is 0.0137. The lowest BCUT2D eigenvalue weighted by Gasteiger charge is -2.21. The fourth-order valence-corrected chi connectivity index (χ4v) is 4.31. The Morgan fingerprint density at radius 2 is 1.68 bits per heavy atom. The van der Waals surface area contributed by atoms with Gasteiger partial charge in [-0.15, -0.1) is 0 Å². The third-order valence-corrected chi connectivity index (χ3v) is 5.74. The number of carbonyl (C=O) groups excluding carboxylic acids is 1. The maximum absolute atomic E-state index is 13.1. The van der Waals surface area contributed by atoms with E-state index >= 15 is 0 Å². The van der Waals surface area contributed by atoms with Gasteiger partial charge in [0.05, 0.1) is 0 Å². The first kappa shape index (κ1) is 17.4. The number of ketones is 1. The van der Waals surface area contributed by atoms with Crippen molar-refractivity contribution >= 4 is 45.3 Å². The first-order valence-electron chi connectivity index (χ1n) is 9.72. The number of aromatic amines is 1. The van der Waals surface area contributed by atoms with E-state index in [1.54, 1.807) is 11.6 Å². The van der Waals surface area contributed by atoms with Crippen LogP contribution in [0.3, 0.4) is 0 Å². The number of nitrogens with two attached hydrogens (primary N) is 1. The molecule has 0 bridgehead atoms. The number of aryl methyl sites for hydroxylation is 1. The second-order valence-corrected chi connectivity index (χ2v) is 7.51. The minimum atomic E-state index is -0.398. The number of nitrogens with one attached hydrogen (secondary N) is 2. The predicted molar refractivity (Wildman–Crippen MR) is 120 cm³/mol. The van der Waals surface area contributed by atoms with Crippen LogP contribution in [0.25, 0.3) is 33.1 Å². The molecule has 0 spiro atoms. The Kier molecular flexibility index (Phi) is 3.38. The van der Waals surface area contributed by atoms with E-state index in [2.05, 4.69) is 20.3 Å². The van der Waals surface area contributed by atoms with Crippen LogP contribution in [0.2, 0.25) is 0 Å². The van der Waals surface area contributed by atoms with Crippen molar-refractivity contribution in [2.45, 2.75) is 0 Å². The van der Waals surface area contributed by atoms with Gasteiger partial charge in [-0.2, -0.15) is 4.98 Å². The average molecular weight is 408 g/mol. The van der Waals surface area contributed by atoms with Gasteiger partial charge >= 0.3 is 0 Å². The minimum Gasteiger partial charge on any atom is -0.369 e. The maximum atomic E-state index is 13.1. The van der Waals surface area contributed by atoms with Crippen molar-refractivity contribution in [1.82, 2.24) is 19.5 Å². The van der Waals surface area contributed by atoms with Gasteiger partial charge in [0.15, 0.2) is 16.9 Å². The van der Waals surface area contributed by atoms with Gasteiger partial charge in [-0.1, -0.05) is 48.5 Å². The van der Waals surface area contributed by atoms with Crippen LogP contribution in [-0.4, -0.2) is 25.3 Å². The van der Waals surface area contributed by atoms with E-state index in [1.807, 2.05) is 54.6 Å². The summed E-state index contributed by atoms with van der Waals surface area (Å²) in [4.78, 5) is 36.4. The molecule has 8 heteroatoms. The smallest absolute Gasteiger partial charge is 0.280 e. The summed E-state index contributed by atoms with van der Waals surface area (Å²) in [5.74, 6) is 0.493. The van der Waals surface area contributed by atoms with Crippen molar-refractivity contribution in [3.05, 3.63) is 76.1 Å². The first-order valence-corrected chi connectivity index (χ1v) is 9.72. The Balaban J connectivity index is 1.57. The van der Waals surface area contributed by atoms with Crippen molar-refractivity contribution in [2.24, 2.45) is 7.05 Å². The number of nitrogens with zero attached hydrogens (tertiary/aromatic N) is 3. The average Bonchev–Trinajstić information content (AvgIpc) is 3.08. The largest absolute Gasteiger partial charge is 0.369 e. The summed E-state index contributed by atoms with van der Waals surface area (Å²) in [6, 6.07) is 17.3. The zero-order valence-electron chi connectivity index (χ0n) is 16.4. The van der Waals surface area contributed by atoms with Crippen molar-refractivity contribution in [3.63, 3.8) is 0 Å². The first-order chi connectivity index (χ1) is 15.0. The number of hydrogen-bond donors (Lipinski definition) is 3. The molecule has 0 saturated heterocycles. The number of hydrogen-bond acceptors (Lipinski definition) is 6. The number of nitrogen functional groups attached to an aromatic ring is 1. The Morgan fingerprint density at radius 3 is 2.52 bits per heavy atom. The van der Waals surface area contributed by atoms with E-state index < -0.39 is 5.56 Å². The summed E-state index contributed by atoms with van der Waals surface area (Å²) in [5.41, 5.74) is 9.96. The Bertz CT molecular complexity index is 1630. The van der Waals surface area contributed by atoms with Gasteiger partial charge in [-0.3, -0.25) is 19.1 Å². The highest BCUT2D eigenvalue weighted by atomic mass is 16.1. The second-order valence-electron chi connectivity index (χ2n) is 7.51. The third-order valence-electron chi connectivity index (χ3n) is 5.74. The van der Waals surface area contributed by atoms with Crippen LogP contribution < -0.4 is 16.6 Å². The third kappa shape index (κ3) is 2.35. The summed E-state index contributed by atoms with van der Waals surface area (Å²) in [6.45, 7) is 0. The quantitative estimate of drug-likeness (QED) is 0.404. The molecule has 150 valence electrons. The van der Waals surface area contributed by atoms with Crippen LogP contribution in [0.15, 0.2) is 59.4 Å². The number of aromatic nitrogens is 4. The molecule has 0 aliphatic heterocycles. The van der Waals surface area contributed by atoms with Crippen LogP contribution in [-0.2, 0) is 7.05 Å². The Hall–Kier alpha value is -4.46. The number of imidazole rings is 1.